The maximum Gasteiger partial charge on any atom is 0.339 e. The number of imide groups is 1. The molecule has 1 aromatic carbocycles. The van der Waals surface area contributed by atoms with Crippen LogP contribution in [0.25, 0.3) is 0 Å². The molecule has 1 aliphatic rings. The van der Waals surface area contributed by atoms with Gasteiger partial charge in [-0.25, -0.2) is 9.69 Å². The van der Waals surface area contributed by atoms with Crippen LogP contribution in [0, 0.1) is 11.8 Å². The molecule has 0 radical (unpaired) electrons. The second kappa shape index (κ2) is 5.37. The average molecular weight is 312 g/mol. The fourth-order valence-corrected chi connectivity index (χ4v) is 2.48. The summed E-state index contributed by atoms with van der Waals surface area (Å²) in [5, 5.41) is 9.09. The maximum absolute atomic E-state index is 12.2. The van der Waals surface area contributed by atoms with Gasteiger partial charge < -0.3 is 9.84 Å². The van der Waals surface area contributed by atoms with E-state index in [0.29, 0.717) is 0 Å². The van der Waals surface area contributed by atoms with Gasteiger partial charge >= 0.3 is 5.97 Å². The van der Waals surface area contributed by atoms with Crippen LogP contribution < -0.4 is 9.64 Å². The van der Waals surface area contributed by atoms with Crippen molar-refractivity contribution in [3.63, 3.8) is 0 Å². The van der Waals surface area contributed by atoms with Crippen molar-refractivity contribution < 1.29 is 24.2 Å². The van der Waals surface area contributed by atoms with Gasteiger partial charge in [0.25, 0.3) is 0 Å². The molecule has 0 aliphatic carbocycles. The number of nitrogens with zero attached hydrogens (tertiary/aromatic N) is 1. The van der Waals surface area contributed by atoms with Crippen molar-refractivity contribution in [3.8, 4) is 5.75 Å². The van der Waals surface area contributed by atoms with Crippen LogP contribution in [0.2, 0.25) is 5.02 Å². The summed E-state index contributed by atoms with van der Waals surface area (Å²) in [4.78, 5) is 36.5. The molecule has 1 aliphatic heterocycles. The van der Waals surface area contributed by atoms with Gasteiger partial charge in [0, 0.05) is 17.9 Å². The smallest absolute Gasteiger partial charge is 0.339 e. The van der Waals surface area contributed by atoms with Crippen molar-refractivity contribution in [1.29, 1.82) is 0 Å². The first-order valence-electron chi connectivity index (χ1n) is 6.28. The third-order valence-corrected chi connectivity index (χ3v) is 4.01. The summed E-state index contributed by atoms with van der Waals surface area (Å²) in [5.74, 6) is -2.78. The third-order valence-electron chi connectivity index (χ3n) is 3.71. The third kappa shape index (κ3) is 2.35. The van der Waals surface area contributed by atoms with E-state index in [1.54, 1.807) is 13.8 Å². The first-order valence-corrected chi connectivity index (χ1v) is 6.66. The monoisotopic (exact) mass is 311 g/mol. The predicted molar refractivity (Wildman–Crippen MR) is 75.8 cm³/mol. The predicted octanol–water partition coefficient (Wildman–Crippen LogP) is 2.19. The highest BCUT2D eigenvalue weighted by molar-refractivity contribution is 6.36. The number of carbonyl (C=O) groups is 3. The molecule has 2 amide bonds. The summed E-state index contributed by atoms with van der Waals surface area (Å²) < 4.78 is 5.00. The molecule has 1 fully saturated rings. The summed E-state index contributed by atoms with van der Waals surface area (Å²) in [5.41, 5.74) is 0.0103. The van der Waals surface area contributed by atoms with Gasteiger partial charge in [0.05, 0.1) is 17.8 Å². The highest BCUT2D eigenvalue weighted by atomic mass is 35.5. The van der Waals surface area contributed by atoms with E-state index in [2.05, 4.69) is 0 Å². The molecule has 1 heterocycles. The molecule has 2 atom stereocenters. The van der Waals surface area contributed by atoms with Gasteiger partial charge in [0.15, 0.2) is 0 Å². The zero-order valence-corrected chi connectivity index (χ0v) is 12.5. The molecule has 1 N–H and O–H groups in total. The van der Waals surface area contributed by atoms with E-state index in [4.69, 9.17) is 21.4 Å². The van der Waals surface area contributed by atoms with Gasteiger partial charge in [-0.3, -0.25) is 9.59 Å². The molecule has 2 unspecified atom stereocenters. The van der Waals surface area contributed by atoms with E-state index in [1.807, 2.05) is 0 Å². The van der Waals surface area contributed by atoms with E-state index in [0.717, 1.165) is 4.90 Å². The molecular formula is C14H14ClNO5. The Labute approximate surface area is 126 Å². The summed E-state index contributed by atoms with van der Waals surface area (Å²) in [7, 11) is 1.30. The molecule has 2 rings (SSSR count). The Morgan fingerprint density at radius 3 is 2.19 bits per heavy atom. The normalized spacial score (nSPS) is 21.8. The number of amides is 2. The highest BCUT2D eigenvalue weighted by Crippen LogP contribution is 2.38. The molecule has 0 spiro atoms. The maximum atomic E-state index is 12.2. The van der Waals surface area contributed by atoms with Crippen molar-refractivity contribution in [3.05, 3.63) is 22.7 Å². The van der Waals surface area contributed by atoms with Crippen molar-refractivity contribution in [2.24, 2.45) is 11.8 Å². The number of aromatic carboxylic acids is 1. The van der Waals surface area contributed by atoms with Crippen molar-refractivity contribution in [2.75, 3.05) is 12.0 Å². The van der Waals surface area contributed by atoms with E-state index in [1.165, 1.54) is 19.2 Å². The second-order valence-corrected chi connectivity index (χ2v) is 5.31. The Kier molecular flexibility index (Phi) is 3.91. The lowest BCUT2D eigenvalue weighted by Crippen LogP contribution is -2.31. The van der Waals surface area contributed by atoms with Gasteiger partial charge in [-0.15, -0.1) is 0 Å². The van der Waals surface area contributed by atoms with Crippen molar-refractivity contribution in [1.82, 2.24) is 0 Å². The quantitative estimate of drug-likeness (QED) is 0.865. The first-order chi connectivity index (χ1) is 9.79. The summed E-state index contributed by atoms with van der Waals surface area (Å²) >= 11 is 6.04. The lowest BCUT2D eigenvalue weighted by Gasteiger charge is -2.18. The number of carbonyl (C=O) groups excluding carboxylic acids is 2. The average Bonchev–Trinajstić information content (AvgIpc) is 2.63. The minimum absolute atomic E-state index is 0.0104. The number of ether oxygens (including phenoxy) is 1. The number of anilines is 1. The molecule has 21 heavy (non-hydrogen) atoms. The van der Waals surface area contributed by atoms with Gasteiger partial charge in [-0.1, -0.05) is 25.4 Å². The standard InChI is InChI=1S/C14H14ClNO5/c1-6-7(2)13(18)16(12(6)17)10-5-11(21-3)8(14(19)20)4-9(10)15/h4-7H,1-3H3,(H,19,20). The van der Waals surface area contributed by atoms with E-state index < -0.39 is 17.8 Å². The molecule has 6 nitrogen and oxygen atoms in total. The zero-order chi connectivity index (χ0) is 15.9. The van der Waals surface area contributed by atoms with Gasteiger partial charge in [0.1, 0.15) is 11.3 Å². The molecule has 0 saturated carbocycles. The van der Waals surface area contributed by atoms with E-state index in [9.17, 15) is 14.4 Å². The minimum Gasteiger partial charge on any atom is -0.496 e. The minimum atomic E-state index is -1.21. The number of benzene rings is 1. The van der Waals surface area contributed by atoms with Crippen molar-refractivity contribution >= 4 is 35.1 Å². The van der Waals surface area contributed by atoms with Gasteiger partial charge in [-0.2, -0.15) is 0 Å². The van der Waals surface area contributed by atoms with Crippen LogP contribution in [0.5, 0.6) is 5.75 Å². The second-order valence-electron chi connectivity index (χ2n) is 4.90. The lowest BCUT2D eigenvalue weighted by atomic mass is 10.00. The van der Waals surface area contributed by atoms with Crippen LogP contribution in [-0.4, -0.2) is 30.0 Å². The number of rotatable bonds is 3. The fraction of sp³-hybridized carbons (Fsp3) is 0.357. The SMILES string of the molecule is COc1cc(N2C(=O)C(C)C(C)C2=O)c(Cl)cc1C(=O)O. The van der Waals surface area contributed by atoms with E-state index in [-0.39, 0.29) is 33.8 Å². The number of carboxylic acids is 1. The molecule has 1 saturated heterocycles. The van der Waals surface area contributed by atoms with Gasteiger partial charge in [-0.05, 0) is 6.07 Å². The lowest BCUT2D eigenvalue weighted by molar-refractivity contribution is -0.122. The Hall–Kier alpha value is -2.08. The van der Waals surface area contributed by atoms with Crippen LogP contribution in [0.1, 0.15) is 24.2 Å². The summed E-state index contributed by atoms with van der Waals surface area (Å²) in [6.45, 7) is 3.34. The molecule has 7 heteroatoms. The zero-order valence-electron chi connectivity index (χ0n) is 11.7. The molecule has 112 valence electrons. The fourth-order valence-electron chi connectivity index (χ4n) is 2.23. The first kappa shape index (κ1) is 15.3. The van der Waals surface area contributed by atoms with Crippen LogP contribution in [-0.2, 0) is 9.59 Å². The largest absolute Gasteiger partial charge is 0.496 e. The van der Waals surface area contributed by atoms with Crippen LogP contribution >= 0.6 is 11.6 Å². The van der Waals surface area contributed by atoms with Crippen LogP contribution in [0.15, 0.2) is 12.1 Å². The number of halogens is 1. The van der Waals surface area contributed by atoms with Crippen LogP contribution in [0.4, 0.5) is 5.69 Å². The number of carboxylic acid groups (broad SMARTS) is 1. The Morgan fingerprint density at radius 2 is 1.76 bits per heavy atom. The van der Waals surface area contributed by atoms with Crippen LogP contribution in [0.3, 0.4) is 0 Å². The summed E-state index contributed by atoms with van der Waals surface area (Å²) in [6, 6.07) is 2.47. The highest BCUT2D eigenvalue weighted by Gasteiger charge is 2.44. The van der Waals surface area contributed by atoms with Crippen molar-refractivity contribution in [2.45, 2.75) is 13.8 Å². The Morgan fingerprint density at radius 1 is 1.24 bits per heavy atom. The van der Waals surface area contributed by atoms with E-state index >= 15 is 0 Å². The molecule has 0 aromatic heterocycles. The number of hydrogen-bond donors (Lipinski definition) is 1. The Bertz CT molecular complexity index is 622. The molecule has 0 bridgehead atoms. The number of hydrogen-bond acceptors (Lipinski definition) is 4. The topological polar surface area (TPSA) is 83.9 Å². The summed E-state index contributed by atoms with van der Waals surface area (Å²) in [6.07, 6.45) is 0. The van der Waals surface area contributed by atoms with Gasteiger partial charge in [0.2, 0.25) is 11.8 Å². The number of methoxy groups -OCH3 is 1. The Balaban J connectivity index is 2.58. The molecular weight excluding hydrogens is 298 g/mol. The molecule has 1 aromatic rings.